The number of aromatic nitrogens is 1. The average molecular weight is 352 g/mol. The van der Waals surface area contributed by atoms with Crippen LogP contribution in [0.4, 0.5) is 0 Å². The lowest BCUT2D eigenvalue weighted by atomic mass is 10.1. The zero-order valence-corrected chi connectivity index (χ0v) is 14.8. The predicted octanol–water partition coefficient (Wildman–Crippen LogP) is 2.81. The van der Waals surface area contributed by atoms with E-state index in [4.69, 9.17) is 20.5 Å². The molecule has 3 heterocycles. The fourth-order valence-electron chi connectivity index (χ4n) is 3.05. The highest BCUT2D eigenvalue weighted by Gasteiger charge is 2.22. The van der Waals surface area contributed by atoms with Gasteiger partial charge in [0.25, 0.3) is 0 Å². The Morgan fingerprint density at radius 3 is 2.75 bits per heavy atom. The molecule has 130 valence electrons. The highest BCUT2D eigenvalue weighted by Crippen LogP contribution is 2.17. The van der Waals surface area contributed by atoms with Crippen LogP contribution in [-0.4, -0.2) is 47.0 Å². The summed E-state index contributed by atoms with van der Waals surface area (Å²) in [6, 6.07) is 3.65. The van der Waals surface area contributed by atoms with Crippen LogP contribution in [-0.2, 0) is 17.8 Å². The smallest absolute Gasteiger partial charge is 0.227 e. The zero-order valence-electron chi connectivity index (χ0n) is 14.0. The van der Waals surface area contributed by atoms with Crippen LogP contribution in [0, 0.1) is 13.8 Å². The van der Waals surface area contributed by atoms with Gasteiger partial charge in [-0.15, -0.1) is 0 Å². The van der Waals surface area contributed by atoms with Gasteiger partial charge in [0.1, 0.15) is 11.5 Å². The normalized spacial score (nSPS) is 16.4. The second kappa shape index (κ2) is 7.40. The number of carbonyl (C=O) groups excluding carboxylic acids is 1. The van der Waals surface area contributed by atoms with Crippen molar-refractivity contribution in [3.63, 3.8) is 0 Å². The maximum absolute atomic E-state index is 12.6. The number of aryl methyl sites for hydroxylation is 2. The summed E-state index contributed by atoms with van der Waals surface area (Å²) in [5.41, 5.74) is 1.71. The van der Waals surface area contributed by atoms with Crippen LogP contribution in [0.3, 0.4) is 0 Å². The van der Waals surface area contributed by atoms with Crippen molar-refractivity contribution < 1.29 is 13.7 Å². The molecule has 0 bridgehead atoms. The third-order valence-electron chi connectivity index (χ3n) is 4.46. The van der Waals surface area contributed by atoms with Crippen LogP contribution in [0.5, 0.6) is 0 Å². The van der Waals surface area contributed by atoms with Crippen LogP contribution in [0.2, 0.25) is 5.22 Å². The quantitative estimate of drug-likeness (QED) is 0.847. The van der Waals surface area contributed by atoms with Gasteiger partial charge in [-0.1, -0.05) is 5.16 Å². The van der Waals surface area contributed by atoms with Crippen molar-refractivity contribution in [1.82, 2.24) is 15.0 Å². The molecule has 0 radical (unpaired) electrons. The molecule has 3 rings (SSSR count). The maximum Gasteiger partial charge on any atom is 0.227 e. The van der Waals surface area contributed by atoms with Crippen molar-refractivity contribution in [3.05, 3.63) is 40.1 Å². The third-order valence-corrected chi connectivity index (χ3v) is 4.66. The SMILES string of the molecule is Cc1noc(C)c1CC(=O)N1CCCN(Cc2ccc(Cl)o2)CC1. The zero-order chi connectivity index (χ0) is 17.1. The van der Waals surface area contributed by atoms with Gasteiger partial charge >= 0.3 is 0 Å². The lowest BCUT2D eigenvalue weighted by molar-refractivity contribution is -0.130. The third kappa shape index (κ3) is 3.99. The van der Waals surface area contributed by atoms with Crippen LogP contribution >= 0.6 is 11.6 Å². The summed E-state index contributed by atoms with van der Waals surface area (Å²) in [7, 11) is 0. The Kier molecular flexibility index (Phi) is 5.26. The molecule has 0 atom stereocenters. The van der Waals surface area contributed by atoms with Gasteiger partial charge in [-0.3, -0.25) is 9.69 Å². The minimum absolute atomic E-state index is 0.132. The summed E-state index contributed by atoms with van der Waals surface area (Å²) in [5, 5.41) is 4.33. The topological polar surface area (TPSA) is 62.7 Å². The average Bonchev–Trinajstić information content (AvgIpc) is 2.99. The molecule has 0 saturated carbocycles. The first-order valence-electron chi connectivity index (χ1n) is 8.19. The van der Waals surface area contributed by atoms with E-state index in [1.54, 1.807) is 6.07 Å². The Morgan fingerprint density at radius 1 is 1.25 bits per heavy atom. The van der Waals surface area contributed by atoms with E-state index in [1.807, 2.05) is 24.8 Å². The highest BCUT2D eigenvalue weighted by atomic mass is 35.5. The summed E-state index contributed by atoms with van der Waals surface area (Å²) < 4.78 is 10.6. The van der Waals surface area contributed by atoms with E-state index in [0.29, 0.717) is 11.6 Å². The summed E-state index contributed by atoms with van der Waals surface area (Å²) in [5.74, 6) is 1.72. The molecule has 1 saturated heterocycles. The summed E-state index contributed by atoms with van der Waals surface area (Å²) in [6.07, 6.45) is 1.30. The number of carbonyl (C=O) groups is 1. The van der Waals surface area contributed by atoms with Gasteiger partial charge < -0.3 is 13.8 Å². The molecular formula is C17H22ClN3O3. The van der Waals surface area contributed by atoms with Crippen LogP contribution in [0.15, 0.2) is 21.1 Å². The van der Waals surface area contributed by atoms with E-state index < -0.39 is 0 Å². The Labute approximate surface area is 146 Å². The second-order valence-electron chi connectivity index (χ2n) is 6.20. The monoisotopic (exact) mass is 351 g/mol. The molecule has 0 aromatic carbocycles. The van der Waals surface area contributed by atoms with Crippen molar-refractivity contribution in [2.75, 3.05) is 26.2 Å². The molecule has 1 aliphatic rings. The van der Waals surface area contributed by atoms with Crippen molar-refractivity contribution in [1.29, 1.82) is 0 Å². The Morgan fingerprint density at radius 2 is 2.08 bits per heavy atom. The van der Waals surface area contributed by atoms with E-state index in [1.165, 1.54) is 0 Å². The van der Waals surface area contributed by atoms with Crippen molar-refractivity contribution in [3.8, 4) is 0 Å². The number of amides is 1. The molecule has 0 unspecified atom stereocenters. The maximum atomic E-state index is 12.6. The van der Waals surface area contributed by atoms with E-state index in [9.17, 15) is 4.79 Å². The van der Waals surface area contributed by atoms with E-state index in [2.05, 4.69) is 10.1 Å². The molecule has 1 fully saturated rings. The van der Waals surface area contributed by atoms with Gasteiger partial charge in [0.2, 0.25) is 5.91 Å². The number of furan rings is 1. The molecule has 7 heteroatoms. The van der Waals surface area contributed by atoms with Crippen LogP contribution < -0.4 is 0 Å². The van der Waals surface area contributed by atoms with Crippen molar-refractivity contribution in [2.45, 2.75) is 33.2 Å². The molecule has 2 aromatic rings. The summed E-state index contributed by atoms with van der Waals surface area (Å²) in [4.78, 5) is 16.8. The predicted molar refractivity (Wildman–Crippen MR) is 89.9 cm³/mol. The number of halogens is 1. The summed E-state index contributed by atoms with van der Waals surface area (Å²) in [6.45, 7) is 7.70. The Balaban J connectivity index is 1.56. The Bertz CT molecular complexity index is 690. The molecule has 0 N–H and O–H groups in total. The Hall–Kier alpha value is -1.79. The standard InChI is InChI=1S/C17H22ClN3O3/c1-12-15(13(2)24-19-12)10-17(22)21-7-3-6-20(8-9-21)11-14-4-5-16(18)23-14/h4-5H,3,6-11H2,1-2H3. The first-order chi connectivity index (χ1) is 11.5. The number of rotatable bonds is 4. The number of hydrogen-bond donors (Lipinski definition) is 0. The molecule has 6 nitrogen and oxygen atoms in total. The van der Waals surface area contributed by atoms with Gasteiger partial charge in [0.05, 0.1) is 18.7 Å². The first kappa shape index (κ1) is 17.0. The van der Waals surface area contributed by atoms with Crippen molar-refractivity contribution in [2.24, 2.45) is 0 Å². The molecule has 1 amide bonds. The first-order valence-corrected chi connectivity index (χ1v) is 8.57. The van der Waals surface area contributed by atoms with E-state index >= 15 is 0 Å². The lowest BCUT2D eigenvalue weighted by Gasteiger charge is -2.21. The summed E-state index contributed by atoms with van der Waals surface area (Å²) >= 11 is 5.82. The van der Waals surface area contributed by atoms with Gasteiger partial charge in [-0.05, 0) is 44.0 Å². The van der Waals surface area contributed by atoms with Crippen molar-refractivity contribution >= 4 is 17.5 Å². The van der Waals surface area contributed by atoms with Gasteiger partial charge in [0.15, 0.2) is 5.22 Å². The number of nitrogens with zero attached hydrogens (tertiary/aromatic N) is 3. The van der Waals surface area contributed by atoms with Crippen LogP contribution in [0.25, 0.3) is 0 Å². The van der Waals surface area contributed by atoms with Gasteiger partial charge in [-0.25, -0.2) is 0 Å². The minimum Gasteiger partial charge on any atom is -0.448 e. The molecule has 0 aliphatic carbocycles. The molecular weight excluding hydrogens is 330 g/mol. The second-order valence-corrected chi connectivity index (χ2v) is 6.57. The molecule has 1 aliphatic heterocycles. The lowest BCUT2D eigenvalue weighted by Crippen LogP contribution is -2.36. The van der Waals surface area contributed by atoms with Gasteiger partial charge in [0, 0.05) is 31.7 Å². The molecule has 2 aromatic heterocycles. The number of hydrogen-bond acceptors (Lipinski definition) is 5. The van der Waals surface area contributed by atoms with E-state index in [0.717, 1.165) is 61.9 Å². The van der Waals surface area contributed by atoms with Crippen LogP contribution in [0.1, 0.15) is 29.2 Å². The molecule has 24 heavy (non-hydrogen) atoms. The molecule has 0 spiro atoms. The highest BCUT2D eigenvalue weighted by molar-refractivity contribution is 6.28. The van der Waals surface area contributed by atoms with E-state index in [-0.39, 0.29) is 5.91 Å². The fourth-order valence-corrected chi connectivity index (χ4v) is 3.21. The fraction of sp³-hybridized carbons (Fsp3) is 0.529. The minimum atomic E-state index is 0.132. The van der Waals surface area contributed by atoms with Gasteiger partial charge in [-0.2, -0.15) is 0 Å². The largest absolute Gasteiger partial charge is 0.448 e.